The molecule has 0 atom stereocenters. The van der Waals surface area contributed by atoms with Gasteiger partial charge in [0.1, 0.15) is 0 Å². The van der Waals surface area contributed by atoms with Crippen molar-refractivity contribution in [1.82, 2.24) is 0 Å². The first kappa shape index (κ1) is 37.8. The van der Waals surface area contributed by atoms with Crippen LogP contribution in [0.15, 0.2) is 175 Å². The van der Waals surface area contributed by atoms with E-state index >= 15 is 0 Å². The van der Waals surface area contributed by atoms with E-state index in [0.29, 0.717) is 5.92 Å². The molecule has 0 aromatic heterocycles. The minimum atomic E-state index is -0.446. The van der Waals surface area contributed by atoms with E-state index in [1.165, 1.54) is 32.6 Å². The Morgan fingerprint density at radius 1 is 0.409 bits per heavy atom. The van der Waals surface area contributed by atoms with Gasteiger partial charge in [0, 0.05) is 30.9 Å². The van der Waals surface area contributed by atoms with Crippen LogP contribution in [0.25, 0.3) is 0 Å². The van der Waals surface area contributed by atoms with Crippen molar-refractivity contribution in [3.8, 4) is 0 Å². The second kappa shape index (κ2) is 23.3. The van der Waals surface area contributed by atoms with Gasteiger partial charge in [-0.3, -0.25) is 0 Å². The normalized spacial score (nSPS) is 10.4. The maximum atomic E-state index is 7.50. The van der Waals surface area contributed by atoms with Gasteiger partial charge in [-0.25, -0.2) is 0 Å². The Hall–Kier alpha value is -4.19. The third-order valence-electron chi connectivity index (χ3n) is 6.33. The molecule has 0 aliphatic heterocycles. The summed E-state index contributed by atoms with van der Waals surface area (Å²) in [5.74, 6) is 0.336. The summed E-state index contributed by atoms with van der Waals surface area (Å²) in [4.78, 5) is 0. The van der Waals surface area contributed by atoms with Crippen molar-refractivity contribution in [2.75, 3.05) is 0 Å². The molecule has 0 spiro atoms. The number of allylic oxidation sites excluding steroid dienone is 4. The minimum absolute atomic E-state index is 0. The molecule has 0 saturated carbocycles. The molecule has 214 valence electrons. The van der Waals surface area contributed by atoms with E-state index in [1.54, 1.807) is 0 Å². The smallest absolute Gasteiger partial charge is 0.0308 e. The van der Waals surface area contributed by atoms with Gasteiger partial charge in [0.25, 0.3) is 0 Å². The van der Waals surface area contributed by atoms with Gasteiger partial charge < -0.3 is 0 Å². The molecular weight excluding hydrogens is 598 g/mol. The molecule has 0 unspecified atom stereocenters. The van der Waals surface area contributed by atoms with Crippen molar-refractivity contribution < 1.29 is 32.5 Å². The summed E-state index contributed by atoms with van der Waals surface area (Å²) < 4.78 is 22.5. The van der Waals surface area contributed by atoms with Gasteiger partial charge in [-0.1, -0.05) is 175 Å². The maximum Gasteiger partial charge on any atom is 0.0308 e. The van der Waals surface area contributed by atoms with E-state index in [0.717, 1.165) is 0 Å². The van der Waals surface area contributed by atoms with Gasteiger partial charge in [-0.15, -0.1) is 0 Å². The first-order chi connectivity index (χ1) is 21.4. The van der Waals surface area contributed by atoms with E-state index in [1.807, 2.05) is 0 Å². The molecule has 2 radical (unpaired) electrons. The molecule has 0 saturated heterocycles. The third kappa shape index (κ3) is 11.5. The van der Waals surface area contributed by atoms with Crippen molar-refractivity contribution >= 4 is 23.8 Å². The summed E-state index contributed by atoms with van der Waals surface area (Å²) in [6.07, 6.45) is 8.61. The Morgan fingerprint density at radius 2 is 0.705 bits per heavy atom. The summed E-state index contributed by atoms with van der Waals surface area (Å²) in [6, 6.07) is 53.7. The van der Waals surface area contributed by atoms with Crippen molar-refractivity contribution in [2.45, 2.75) is 5.92 Å². The average molecular weight is 629 g/mol. The van der Waals surface area contributed by atoms with Crippen LogP contribution in [0.4, 0.5) is 0 Å². The fourth-order valence-electron chi connectivity index (χ4n) is 4.63. The van der Waals surface area contributed by atoms with Crippen LogP contribution in [-0.4, -0.2) is 0 Å². The predicted molar refractivity (Wildman–Crippen MR) is 173 cm³/mol. The Morgan fingerprint density at radius 3 is 0.977 bits per heavy atom. The van der Waals surface area contributed by atoms with E-state index in [4.69, 9.17) is 14.0 Å². The fraction of sp³-hybridized carbons (Fsp3) is 0.0256. The van der Waals surface area contributed by atoms with Gasteiger partial charge in [-0.2, -0.15) is 0 Å². The van der Waals surface area contributed by atoms with Crippen LogP contribution in [0.1, 0.15) is 17.0 Å². The standard InChI is InChI=1S/C18H15P.C18H15.3CO.V/c1-4-10-16(11-5-1)19(17-12-6-2-7-13-17)18-14-8-3-9-15-18;1-3-9-15(10-4-1)18(17-13-7-8-14-17)16-11-5-2-6-12-16;3*1-2;/h1-15H;1-14,18H;;;;. The molecule has 1 aliphatic rings. The molecule has 1 aliphatic carbocycles. The zero-order valence-electron chi connectivity index (χ0n) is 23.9. The van der Waals surface area contributed by atoms with Gasteiger partial charge in [0.2, 0.25) is 0 Å². The number of benzene rings is 5. The van der Waals surface area contributed by atoms with Crippen molar-refractivity contribution in [3.63, 3.8) is 0 Å². The topological polar surface area (TPSA) is 59.7 Å². The minimum Gasteiger partial charge on any atom is -0.0764 e. The second-order valence-electron chi connectivity index (χ2n) is 8.81. The molecule has 0 N–H and O–H groups in total. The molecule has 5 heteroatoms. The van der Waals surface area contributed by atoms with E-state index in [9.17, 15) is 0 Å². The summed E-state index contributed by atoms with van der Waals surface area (Å²) in [5, 5.41) is 4.19. The van der Waals surface area contributed by atoms with Crippen molar-refractivity contribution in [1.29, 1.82) is 0 Å². The van der Waals surface area contributed by atoms with Gasteiger partial charge in [-0.05, 0) is 35.0 Å². The van der Waals surface area contributed by atoms with Crippen LogP contribution in [0.2, 0.25) is 0 Å². The monoisotopic (exact) mass is 628 g/mol. The van der Waals surface area contributed by atoms with Crippen LogP contribution in [0.3, 0.4) is 0 Å². The van der Waals surface area contributed by atoms with Crippen molar-refractivity contribution in [3.05, 3.63) is 213 Å². The average Bonchev–Trinajstić information content (AvgIpc) is 3.65. The molecule has 5 aromatic rings. The molecule has 5 aromatic carbocycles. The zero-order chi connectivity index (χ0) is 31.1. The number of rotatable bonds is 6. The zero-order valence-corrected chi connectivity index (χ0v) is 26.2. The van der Waals surface area contributed by atoms with Crippen LogP contribution >= 0.6 is 7.92 Å². The Bertz CT molecular complexity index is 1420. The van der Waals surface area contributed by atoms with E-state index in [2.05, 4.69) is 196 Å². The molecule has 3 nitrogen and oxygen atoms in total. The second-order valence-corrected chi connectivity index (χ2v) is 11.0. The maximum absolute atomic E-state index is 7.50. The van der Waals surface area contributed by atoms with E-state index in [-0.39, 0.29) is 18.6 Å². The van der Waals surface area contributed by atoms with Gasteiger partial charge >= 0.3 is 33.9 Å². The first-order valence-electron chi connectivity index (χ1n) is 13.3. The van der Waals surface area contributed by atoms with Gasteiger partial charge in [0.05, 0.1) is 0 Å². The molecule has 0 heterocycles. The molecule has 0 fully saturated rings. The van der Waals surface area contributed by atoms with Crippen LogP contribution < -0.4 is 15.9 Å². The summed E-state index contributed by atoms with van der Waals surface area (Å²) >= 11 is 0. The van der Waals surface area contributed by atoms with Crippen LogP contribution in [0.5, 0.6) is 0 Å². The fourth-order valence-corrected chi connectivity index (χ4v) is 6.93. The Balaban J connectivity index is 0.000000370. The summed E-state index contributed by atoms with van der Waals surface area (Å²) in [6.45, 7) is 13.5. The number of hydrogen-bond acceptors (Lipinski definition) is 0. The first-order valence-corrected chi connectivity index (χ1v) is 14.6. The largest absolute Gasteiger partial charge is 0.0764 e. The molecule has 0 bridgehead atoms. The molecule has 44 heavy (non-hydrogen) atoms. The Kier molecular flexibility index (Phi) is 20.0. The summed E-state index contributed by atoms with van der Waals surface area (Å²) in [7, 11) is -0.446. The quantitative estimate of drug-likeness (QED) is 0.105. The SMILES string of the molecule is [C-]#[O+].[C-]#[O+].[C-]#[O+].[CH]1C=CC=C1C(c1ccccc1)c1ccccc1.[V].c1ccc(P(c2ccccc2)c2ccccc2)cc1. The molecule has 6 rings (SSSR count). The number of hydrogen-bond donors (Lipinski definition) is 0. The third-order valence-corrected chi connectivity index (χ3v) is 8.77. The predicted octanol–water partition coefficient (Wildman–Crippen LogP) is 7.85. The van der Waals surface area contributed by atoms with Crippen molar-refractivity contribution in [2.24, 2.45) is 0 Å². The van der Waals surface area contributed by atoms with Crippen LogP contribution in [-0.2, 0) is 32.5 Å². The Labute approximate surface area is 274 Å². The molecule has 0 amide bonds. The summed E-state index contributed by atoms with van der Waals surface area (Å²) in [5.41, 5.74) is 4.04. The molecular formula is C39H30O3PV. The van der Waals surface area contributed by atoms with E-state index < -0.39 is 7.92 Å². The van der Waals surface area contributed by atoms with Crippen LogP contribution in [0, 0.1) is 26.4 Å². The van der Waals surface area contributed by atoms with Gasteiger partial charge in [0.15, 0.2) is 0 Å².